The van der Waals surface area contributed by atoms with E-state index >= 15 is 0 Å². The fraction of sp³-hybridized carbons (Fsp3) is 0.833. The van der Waals surface area contributed by atoms with Gasteiger partial charge in [-0.1, -0.05) is 0 Å². The zero-order valence-electron chi connectivity index (χ0n) is 5.80. The highest BCUT2D eigenvalue weighted by Gasteiger charge is 2.02. The lowest BCUT2D eigenvalue weighted by molar-refractivity contribution is -0.112. The van der Waals surface area contributed by atoms with Crippen LogP contribution in [0.25, 0.3) is 0 Å². The molecular formula is C6H12FNO. The van der Waals surface area contributed by atoms with E-state index in [1.54, 1.807) is 0 Å². The number of rotatable bonds is 4. The summed E-state index contributed by atoms with van der Waals surface area (Å²) in [6.07, 6.45) is -0.646. The zero-order valence-corrected chi connectivity index (χ0v) is 5.80. The van der Waals surface area contributed by atoms with E-state index in [1.807, 2.05) is 19.0 Å². The Balaban J connectivity index is 3.16. The predicted octanol–water partition coefficient (Wildman–Crippen LogP) is 0.475. The SMILES string of the molecule is CN(C)CCC(F)C=O. The van der Waals surface area contributed by atoms with Crippen molar-refractivity contribution in [2.45, 2.75) is 12.6 Å². The molecule has 54 valence electrons. The van der Waals surface area contributed by atoms with Gasteiger partial charge in [0.05, 0.1) is 0 Å². The van der Waals surface area contributed by atoms with Gasteiger partial charge in [0.15, 0.2) is 12.5 Å². The average molecular weight is 133 g/mol. The van der Waals surface area contributed by atoms with Crippen LogP contribution in [0.1, 0.15) is 6.42 Å². The quantitative estimate of drug-likeness (QED) is 0.520. The Hall–Kier alpha value is -0.440. The van der Waals surface area contributed by atoms with E-state index in [0.717, 1.165) is 0 Å². The molecular weight excluding hydrogens is 121 g/mol. The third kappa shape index (κ3) is 5.43. The van der Waals surface area contributed by atoms with Gasteiger partial charge in [0, 0.05) is 6.54 Å². The number of aldehydes is 1. The van der Waals surface area contributed by atoms with Gasteiger partial charge in [-0.15, -0.1) is 0 Å². The molecule has 0 N–H and O–H groups in total. The van der Waals surface area contributed by atoms with Crippen LogP contribution in [0.2, 0.25) is 0 Å². The van der Waals surface area contributed by atoms with Crippen molar-refractivity contribution in [2.24, 2.45) is 0 Å². The highest BCUT2D eigenvalue weighted by molar-refractivity contribution is 5.55. The van der Waals surface area contributed by atoms with Crippen molar-refractivity contribution in [1.82, 2.24) is 4.90 Å². The lowest BCUT2D eigenvalue weighted by Crippen LogP contribution is -2.17. The van der Waals surface area contributed by atoms with Crippen molar-refractivity contribution < 1.29 is 9.18 Å². The Kier molecular flexibility index (Phi) is 4.22. The standard InChI is InChI=1S/C6H12FNO/c1-8(2)4-3-6(7)5-9/h5-6H,3-4H2,1-2H3. The van der Waals surface area contributed by atoms with Crippen LogP contribution in [-0.2, 0) is 4.79 Å². The van der Waals surface area contributed by atoms with Crippen molar-refractivity contribution >= 4 is 6.29 Å². The normalized spacial score (nSPS) is 13.8. The third-order valence-corrected chi connectivity index (χ3v) is 1.000. The average Bonchev–Trinajstić information content (AvgIpc) is 1.83. The minimum absolute atomic E-state index is 0.302. The molecule has 0 aromatic rings. The van der Waals surface area contributed by atoms with Crippen LogP contribution >= 0.6 is 0 Å². The molecule has 0 saturated heterocycles. The molecule has 3 heteroatoms. The highest BCUT2D eigenvalue weighted by Crippen LogP contribution is 1.93. The summed E-state index contributed by atoms with van der Waals surface area (Å²) in [6, 6.07) is 0. The maximum atomic E-state index is 12.1. The molecule has 0 aromatic carbocycles. The highest BCUT2D eigenvalue weighted by atomic mass is 19.1. The van der Waals surface area contributed by atoms with E-state index in [-0.39, 0.29) is 0 Å². The van der Waals surface area contributed by atoms with Gasteiger partial charge in [-0.05, 0) is 20.5 Å². The first kappa shape index (κ1) is 8.56. The van der Waals surface area contributed by atoms with Gasteiger partial charge < -0.3 is 9.69 Å². The molecule has 0 aliphatic heterocycles. The van der Waals surface area contributed by atoms with Crippen LogP contribution in [-0.4, -0.2) is 38.0 Å². The van der Waals surface area contributed by atoms with Crippen molar-refractivity contribution in [3.05, 3.63) is 0 Å². The maximum absolute atomic E-state index is 12.1. The molecule has 0 heterocycles. The van der Waals surface area contributed by atoms with Gasteiger partial charge in [-0.2, -0.15) is 0 Å². The van der Waals surface area contributed by atoms with Crippen molar-refractivity contribution in [1.29, 1.82) is 0 Å². The van der Waals surface area contributed by atoms with Crippen molar-refractivity contribution in [3.8, 4) is 0 Å². The summed E-state index contributed by atoms with van der Waals surface area (Å²) in [6.45, 7) is 0.625. The summed E-state index contributed by atoms with van der Waals surface area (Å²) < 4.78 is 12.1. The molecule has 1 unspecified atom stereocenters. The summed E-state index contributed by atoms with van der Waals surface area (Å²) in [4.78, 5) is 11.6. The third-order valence-electron chi connectivity index (χ3n) is 1.000. The summed E-state index contributed by atoms with van der Waals surface area (Å²) in [5, 5.41) is 0. The number of alkyl halides is 1. The molecule has 0 saturated carbocycles. The van der Waals surface area contributed by atoms with Crippen molar-refractivity contribution in [3.63, 3.8) is 0 Å². The summed E-state index contributed by atoms with van der Waals surface area (Å²) in [5.41, 5.74) is 0. The van der Waals surface area contributed by atoms with E-state index in [4.69, 9.17) is 0 Å². The molecule has 0 aliphatic rings. The monoisotopic (exact) mass is 133 g/mol. The van der Waals surface area contributed by atoms with E-state index in [0.29, 0.717) is 19.3 Å². The molecule has 0 amide bonds. The largest absolute Gasteiger partial charge is 0.309 e. The smallest absolute Gasteiger partial charge is 0.156 e. The molecule has 9 heavy (non-hydrogen) atoms. The predicted molar refractivity (Wildman–Crippen MR) is 34.1 cm³/mol. The molecule has 0 fully saturated rings. The Bertz CT molecular complexity index is 85.1. The van der Waals surface area contributed by atoms with Gasteiger partial charge in [0.2, 0.25) is 0 Å². The van der Waals surface area contributed by atoms with Crippen LogP contribution in [0.3, 0.4) is 0 Å². The first-order valence-corrected chi connectivity index (χ1v) is 2.91. The van der Waals surface area contributed by atoms with Gasteiger partial charge in [-0.3, -0.25) is 0 Å². The van der Waals surface area contributed by atoms with Crippen LogP contribution in [0.4, 0.5) is 4.39 Å². The minimum atomic E-state index is -1.28. The van der Waals surface area contributed by atoms with Gasteiger partial charge in [0.25, 0.3) is 0 Å². The summed E-state index contributed by atoms with van der Waals surface area (Å²) >= 11 is 0. The Labute approximate surface area is 54.7 Å². The maximum Gasteiger partial charge on any atom is 0.156 e. The summed E-state index contributed by atoms with van der Waals surface area (Å²) in [5.74, 6) is 0. The van der Waals surface area contributed by atoms with Crippen LogP contribution in [0.15, 0.2) is 0 Å². The first-order valence-electron chi connectivity index (χ1n) is 2.91. The van der Waals surface area contributed by atoms with E-state index < -0.39 is 6.17 Å². The zero-order chi connectivity index (χ0) is 7.28. The number of nitrogens with zero attached hydrogens (tertiary/aromatic N) is 1. The second-order valence-electron chi connectivity index (χ2n) is 2.24. The molecule has 1 atom stereocenters. The first-order chi connectivity index (χ1) is 4.16. The van der Waals surface area contributed by atoms with E-state index in [2.05, 4.69) is 0 Å². The second-order valence-corrected chi connectivity index (χ2v) is 2.24. The molecule has 0 radical (unpaired) electrons. The van der Waals surface area contributed by atoms with Crippen LogP contribution in [0, 0.1) is 0 Å². The molecule has 0 rings (SSSR count). The molecule has 0 spiro atoms. The summed E-state index contributed by atoms with van der Waals surface area (Å²) in [7, 11) is 3.69. The van der Waals surface area contributed by atoms with Gasteiger partial charge in [-0.25, -0.2) is 4.39 Å². The number of carbonyl (C=O) groups excluding carboxylic acids is 1. The molecule has 2 nitrogen and oxygen atoms in total. The number of hydrogen-bond acceptors (Lipinski definition) is 2. The number of halogens is 1. The lowest BCUT2D eigenvalue weighted by Gasteiger charge is -2.07. The lowest BCUT2D eigenvalue weighted by atomic mass is 10.3. The molecule has 0 aromatic heterocycles. The van der Waals surface area contributed by atoms with Crippen molar-refractivity contribution in [2.75, 3.05) is 20.6 Å². The molecule has 0 bridgehead atoms. The Morgan fingerprint density at radius 3 is 2.56 bits per heavy atom. The fourth-order valence-electron chi connectivity index (χ4n) is 0.450. The second kappa shape index (κ2) is 4.44. The van der Waals surface area contributed by atoms with Crippen LogP contribution < -0.4 is 0 Å². The Morgan fingerprint density at radius 2 is 2.22 bits per heavy atom. The topological polar surface area (TPSA) is 20.3 Å². The van der Waals surface area contributed by atoms with E-state index in [9.17, 15) is 9.18 Å². The Morgan fingerprint density at radius 1 is 1.67 bits per heavy atom. The van der Waals surface area contributed by atoms with Crippen LogP contribution in [0.5, 0.6) is 0 Å². The van der Waals surface area contributed by atoms with Gasteiger partial charge >= 0.3 is 0 Å². The number of hydrogen-bond donors (Lipinski definition) is 0. The minimum Gasteiger partial charge on any atom is -0.309 e. The number of carbonyl (C=O) groups is 1. The van der Waals surface area contributed by atoms with E-state index in [1.165, 1.54) is 0 Å². The fourth-order valence-corrected chi connectivity index (χ4v) is 0.450. The molecule has 0 aliphatic carbocycles. The van der Waals surface area contributed by atoms with Gasteiger partial charge in [0.1, 0.15) is 0 Å².